The molecule has 0 spiro atoms. The summed E-state index contributed by atoms with van der Waals surface area (Å²) in [6.07, 6.45) is -0.561. The first-order chi connectivity index (χ1) is 7.00. The van der Waals surface area contributed by atoms with E-state index in [1.807, 2.05) is 6.92 Å². The van der Waals surface area contributed by atoms with E-state index < -0.39 is 18.2 Å². The SMILES string of the molecule is CC1CCC(C(=O)NC[C@H](O)C(=O)O)O1. The molecular formula is C9H15NO5. The molecular weight excluding hydrogens is 202 g/mol. The molecule has 15 heavy (non-hydrogen) atoms. The fourth-order valence-electron chi connectivity index (χ4n) is 1.39. The molecule has 1 amide bonds. The number of ether oxygens (including phenoxy) is 1. The number of aliphatic carboxylic acids is 1. The third kappa shape index (κ3) is 3.49. The van der Waals surface area contributed by atoms with Gasteiger partial charge in [0, 0.05) is 0 Å². The molecule has 3 N–H and O–H groups in total. The van der Waals surface area contributed by atoms with Crippen LogP contribution in [-0.4, -0.2) is 46.9 Å². The van der Waals surface area contributed by atoms with Crippen LogP contribution >= 0.6 is 0 Å². The van der Waals surface area contributed by atoms with Crippen LogP contribution in [0.1, 0.15) is 19.8 Å². The van der Waals surface area contributed by atoms with Crippen LogP contribution in [0.2, 0.25) is 0 Å². The van der Waals surface area contributed by atoms with Crippen molar-refractivity contribution in [1.82, 2.24) is 5.32 Å². The zero-order chi connectivity index (χ0) is 11.4. The van der Waals surface area contributed by atoms with Crippen molar-refractivity contribution in [1.29, 1.82) is 0 Å². The van der Waals surface area contributed by atoms with Gasteiger partial charge >= 0.3 is 5.97 Å². The summed E-state index contributed by atoms with van der Waals surface area (Å²) in [5.74, 6) is -1.71. The molecule has 0 aromatic rings. The van der Waals surface area contributed by atoms with Gasteiger partial charge in [-0.1, -0.05) is 0 Å². The summed E-state index contributed by atoms with van der Waals surface area (Å²) in [6.45, 7) is 1.59. The summed E-state index contributed by atoms with van der Waals surface area (Å²) in [7, 11) is 0. The maximum absolute atomic E-state index is 11.4. The summed E-state index contributed by atoms with van der Waals surface area (Å²) in [4.78, 5) is 21.6. The van der Waals surface area contributed by atoms with Crippen LogP contribution in [-0.2, 0) is 14.3 Å². The van der Waals surface area contributed by atoms with E-state index in [1.54, 1.807) is 0 Å². The van der Waals surface area contributed by atoms with Crippen molar-refractivity contribution in [3.05, 3.63) is 0 Å². The number of carbonyl (C=O) groups is 2. The maximum Gasteiger partial charge on any atom is 0.334 e. The highest BCUT2D eigenvalue weighted by Crippen LogP contribution is 2.18. The zero-order valence-electron chi connectivity index (χ0n) is 8.47. The predicted molar refractivity (Wildman–Crippen MR) is 50.2 cm³/mol. The summed E-state index contributed by atoms with van der Waals surface area (Å²) < 4.78 is 5.27. The van der Waals surface area contributed by atoms with Gasteiger partial charge in [0.2, 0.25) is 5.91 Å². The number of carbonyl (C=O) groups excluding carboxylic acids is 1. The molecule has 1 saturated heterocycles. The molecule has 0 aromatic heterocycles. The van der Waals surface area contributed by atoms with Gasteiger partial charge in [-0.2, -0.15) is 0 Å². The first kappa shape index (κ1) is 11.9. The van der Waals surface area contributed by atoms with Crippen molar-refractivity contribution in [3.8, 4) is 0 Å². The smallest absolute Gasteiger partial charge is 0.334 e. The third-order valence-electron chi connectivity index (χ3n) is 2.28. The molecule has 1 rings (SSSR count). The molecule has 0 bridgehead atoms. The van der Waals surface area contributed by atoms with Crippen LogP contribution in [0.4, 0.5) is 0 Å². The number of nitrogens with one attached hydrogen (secondary N) is 1. The van der Waals surface area contributed by atoms with Gasteiger partial charge in [-0.3, -0.25) is 4.79 Å². The Balaban J connectivity index is 2.27. The number of hydrogen-bond donors (Lipinski definition) is 3. The Bertz CT molecular complexity index is 255. The number of rotatable bonds is 4. The van der Waals surface area contributed by atoms with Crippen LogP contribution in [0.15, 0.2) is 0 Å². The number of carboxylic acid groups (broad SMARTS) is 1. The lowest BCUT2D eigenvalue weighted by Gasteiger charge is -2.12. The Labute approximate surface area is 87.2 Å². The van der Waals surface area contributed by atoms with Crippen LogP contribution in [0, 0.1) is 0 Å². The standard InChI is InChI=1S/C9H15NO5/c1-5-2-3-7(15-5)8(12)10-4-6(11)9(13)14/h5-7,11H,2-4H2,1H3,(H,10,12)(H,13,14)/t5?,6-,7?/m0/s1. The van der Waals surface area contributed by atoms with Gasteiger partial charge in [0.1, 0.15) is 6.10 Å². The second-order valence-corrected chi connectivity index (χ2v) is 3.61. The fourth-order valence-corrected chi connectivity index (χ4v) is 1.39. The second-order valence-electron chi connectivity index (χ2n) is 3.61. The summed E-state index contributed by atoms with van der Waals surface area (Å²) in [5, 5.41) is 19.6. The van der Waals surface area contributed by atoms with Gasteiger partial charge in [-0.05, 0) is 19.8 Å². The van der Waals surface area contributed by atoms with Gasteiger partial charge < -0.3 is 20.3 Å². The minimum atomic E-state index is -1.56. The van der Waals surface area contributed by atoms with Crippen molar-refractivity contribution in [2.24, 2.45) is 0 Å². The number of aliphatic hydroxyl groups is 1. The van der Waals surface area contributed by atoms with E-state index >= 15 is 0 Å². The number of carboxylic acids is 1. The molecule has 6 nitrogen and oxygen atoms in total. The normalized spacial score (nSPS) is 27.3. The molecule has 0 aliphatic carbocycles. The van der Waals surface area contributed by atoms with E-state index in [4.69, 9.17) is 14.9 Å². The number of amides is 1. The van der Waals surface area contributed by atoms with Crippen molar-refractivity contribution in [2.75, 3.05) is 6.54 Å². The molecule has 1 heterocycles. The Hall–Kier alpha value is -1.14. The van der Waals surface area contributed by atoms with Crippen LogP contribution < -0.4 is 5.32 Å². The molecule has 0 aromatic carbocycles. The zero-order valence-corrected chi connectivity index (χ0v) is 8.47. The second kappa shape index (κ2) is 5.09. The van der Waals surface area contributed by atoms with E-state index in [0.29, 0.717) is 6.42 Å². The Morgan fingerprint density at radius 2 is 2.20 bits per heavy atom. The van der Waals surface area contributed by atoms with Crippen molar-refractivity contribution in [2.45, 2.75) is 38.1 Å². The van der Waals surface area contributed by atoms with Gasteiger partial charge in [0.05, 0.1) is 12.6 Å². The molecule has 1 fully saturated rings. The lowest BCUT2D eigenvalue weighted by atomic mass is 10.2. The number of aliphatic hydroxyl groups excluding tert-OH is 1. The monoisotopic (exact) mass is 217 g/mol. The summed E-state index contributed by atoms with van der Waals surface area (Å²) in [5.41, 5.74) is 0. The highest BCUT2D eigenvalue weighted by Gasteiger charge is 2.28. The van der Waals surface area contributed by atoms with E-state index in [0.717, 1.165) is 6.42 Å². The first-order valence-corrected chi connectivity index (χ1v) is 4.84. The molecule has 1 aliphatic heterocycles. The minimum Gasteiger partial charge on any atom is -0.479 e. The van der Waals surface area contributed by atoms with Crippen LogP contribution in [0.3, 0.4) is 0 Å². The Morgan fingerprint density at radius 3 is 2.67 bits per heavy atom. The van der Waals surface area contributed by atoms with Gasteiger partial charge in [-0.25, -0.2) is 4.79 Å². The summed E-state index contributed by atoms with van der Waals surface area (Å²) in [6, 6.07) is 0. The predicted octanol–water partition coefficient (Wildman–Crippen LogP) is -0.884. The van der Waals surface area contributed by atoms with Gasteiger partial charge in [0.25, 0.3) is 0 Å². The quantitative estimate of drug-likeness (QED) is 0.568. The average molecular weight is 217 g/mol. The molecule has 0 radical (unpaired) electrons. The molecule has 0 saturated carbocycles. The Kier molecular flexibility index (Phi) is 4.05. The molecule has 86 valence electrons. The van der Waals surface area contributed by atoms with E-state index in [2.05, 4.69) is 5.32 Å². The fraction of sp³-hybridized carbons (Fsp3) is 0.778. The lowest BCUT2D eigenvalue weighted by molar-refractivity contribution is -0.146. The van der Waals surface area contributed by atoms with Crippen molar-refractivity contribution >= 4 is 11.9 Å². The highest BCUT2D eigenvalue weighted by molar-refractivity contribution is 5.82. The molecule has 1 aliphatic rings. The minimum absolute atomic E-state index is 0.0603. The maximum atomic E-state index is 11.4. The van der Waals surface area contributed by atoms with Gasteiger partial charge in [-0.15, -0.1) is 0 Å². The van der Waals surface area contributed by atoms with E-state index in [-0.39, 0.29) is 18.6 Å². The van der Waals surface area contributed by atoms with Crippen LogP contribution in [0.25, 0.3) is 0 Å². The Morgan fingerprint density at radius 1 is 1.53 bits per heavy atom. The summed E-state index contributed by atoms with van der Waals surface area (Å²) >= 11 is 0. The molecule has 3 atom stereocenters. The largest absolute Gasteiger partial charge is 0.479 e. The van der Waals surface area contributed by atoms with E-state index in [9.17, 15) is 9.59 Å². The van der Waals surface area contributed by atoms with E-state index in [1.165, 1.54) is 0 Å². The molecule has 2 unspecified atom stereocenters. The third-order valence-corrected chi connectivity index (χ3v) is 2.28. The first-order valence-electron chi connectivity index (χ1n) is 4.84. The van der Waals surface area contributed by atoms with Gasteiger partial charge in [0.15, 0.2) is 6.10 Å². The van der Waals surface area contributed by atoms with Crippen molar-refractivity contribution < 1.29 is 24.5 Å². The highest BCUT2D eigenvalue weighted by atomic mass is 16.5. The average Bonchev–Trinajstić information content (AvgIpc) is 2.60. The molecule has 6 heteroatoms. The number of hydrogen-bond acceptors (Lipinski definition) is 4. The van der Waals surface area contributed by atoms with Crippen LogP contribution in [0.5, 0.6) is 0 Å². The van der Waals surface area contributed by atoms with Crippen molar-refractivity contribution in [3.63, 3.8) is 0 Å². The lowest BCUT2D eigenvalue weighted by Crippen LogP contribution is -2.41. The topological polar surface area (TPSA) is 95.9 Å².